The first-order valence-corrected chi connectivity index (χ1v) is 4.35. The molecule has 0 heterocycles. The van der Waals surface area contributed by atoms with Gasteiger partial charge in [-0.1, -0.05) is 43.2 Å². The number of benzene rings is 1. The molecule has 0 aliphatic heterocycles. The minimum Gasteiger partial charge on any atom is -0.246 e. The van der Waals surface area contributed by atoms with Gasteiger partial charge in [-0.2, -0.15) is 0 Å². The van der Waals surface area contributed by atoms with E-state index >= 15 is 0 Å². The topological polar surface area (TPSA) is 0 Å². The van der Waals surface area contributed by atoms with Crippen LogP contribution in [0.5, 0.6) is 0 Å². The molecule has 1 aromatic carbocycles. The van der Waals surface area contributed by atoms with E-state index in [2.05, 4.69) is 0 Å². The molecule has 0 N–H and O–H groups in total. The lowest BCUT2D eigenvalue weighted by Crippen LogP contribution is -1.82. The van der Waals surface area contributed by atoms with Gasteiger partial charge < -0.3 is 0 Å². The van der Waals surface area contributed by atoms with Crippen LogP contribution in [0.4, 0.5) is 4.39 Å². The Morgan fingerprint density at radius 3 is 1.75 bits per heavy atom. The Morgan fingerprint density at radius 2 is 1.42 bits per heavy atom. The van der Waals surface area contributed by atoms with E-state index in [9.17, 15) is 4.39 Å². The van der Waals surface area contributed by atoms with E-state index in [1.807, 2.05) is 45.9 Å². The highest BCUT2D eigenvalue weighted by molar-refractivity contribution is 5.27. The molecule has 1 rings (SSSR count). The first-order chi connectivity index (χ1) is 5.72. The standard InChI is InChI=1S/C9H11F.C2H6/c1-7-3-8(2)5-9(4-7)6-10;1-2/h3-5H,6H2,1-2H3;1-2H3. The molecule has 0 unspecified atom stereocenters. The zero-order chi connectivity index (χ0) is 9.56. The van der Waals surface area contributed by atoms with Crippen LogP contribution in [0.25, 0.3) is 0 Å². The smallest absolute Gasteiger partial charge is 0.115 e. The van der Waals surface area contributed by atoms with E-state index in [-0.39, 0.29) is 6.67 Å². The lowest BCUT2D eigenvalue weighted by Gasteiger charge is -1.98. The second-order valence-corrected chi connectivity index (χ2v) is 2.63. The van der Waals surface area contributed by atoms with Crippen molar-refractivity contribution in [2.75, 3.05) is 0 Å². The largest absolute Gasteiger partial charge is 0.246 e. The molecule has 0 saturated carbocycles. The van der Waals surface area contributed by atoms with Crippen molar-refractivity contribution in [3.8, 4) is 0 Å². The SMILES string of the molecule is CC.Cc1cc(C)cc(CF)c1. The molecule has 0 atom stereocenters. The van der Waals surface area contributed by atoms with Crippen molar-refractivity contribution in [3.05, 3.63) is 34.9 Å². The highest BCUT2D eigenvalue weighted by atomic mass is 19.1. The van der Waals surface area contributed by atoms with Crippen LogP contribution < -0.4 is 0 Å². The Kier molecular flexibility index (Phi) is 5.35. The molecule has 68 valence electrons. The fourth-order valence-electron chi connectivity index (χ4n) is 1.15. The van der Waals surface area contributed by atoms with E-state index in [0.29, 0.717) is 0 Å². The molecule has 0 aliphatic carbocycles. The van der Waals surface area contributed by atoms with Gasteiger partial charge in [0.15, 0.2) is 0 Å². The summed E-state index contributed by atoms with van der Waals surface area (Å²) in [4.78, 5) is 0. The third-order valence-corrected chi connectivity index (χ3v) is 1.44. The van der Waals surface area contributed by atoms with E-state index < -0.39 is 0 Å². The van der Waals surface area contributed by atoms with Crippen molar-refractivity contribution >= 4 is 0 Å². The molecule has 0 bridgehead atoms. The summed E-state index contributed by atoms with van der Waals surface area (Å²) in [6.07, 6.45) is 0. The van der Waals surface area contributed by atoms with Crippen LogP contribution >= 0.6 is 0 Å². The third-order valence-electron chi connectivity index (χ3n) is 1.44. The van der Waals surface area contributed by atoms with Crippen LogP contribution in [0.2, 0.25) is 0 Å². The summed E-state index contributed by atoms with van der Waals surface area (Å²) in [6, 6.07) is 5.78. The third kappa shape index (κ3) is 3.51. The van der Waals surface area contributed by atoms with Crippen LogP contribution in [-0.4, -0.2) is 0 Å². The molecule has 0 spiro atoms. The average Bonchev–Trinajstić information content (AvgIpc) is 2.06. The summed E-state index contributed by atoms with van der Waals surface area (Å²) >= 11 is 0. The highest BCUT2D eigenvalue weighted by Crippen LogP contribution is 2.09. The molecule has 12 heavy (non-hydrogen) atoms. The molecular formula is C11H17F. The molecule has 0 fully saturated rings. The minimum atomic E-state index is -0.359. The van der Waals surface area contributed by atoms with Crippen LogP contribution in [0.1, 0.15) is 30.5 Å². The van der Waals surface area contributed by atoms with E-state index in [1.54, 1.807) is 0 Å². The number of halogens is 1. The maximum Gasteiger partial charge on any atom is 0.115 e. The Hall–Kier alpha value is -0.850. The van der Waals surface area contributed by atoms with Gasteiger partial charge in [-0.25, -0.2) is 4.39 Å². The Morgan fingerprint density at radius 1 is 1.00 bits per heavy atom. The molecule has 0 nitrogen and oxygen atoms in total. The summed E-state index contributed by atoms with van der Waals surface area (Å²) in [5, 5.41) is 0. The van der Waals surface area contributed by atoms with Gasteiger partial charge in [-0.15, -0.1) is 0 Å². The number of hydrogen-bond acceptors (Lipinski definition) is 0. The molecule has 0 aliphatic rings. The first kappa shape index (κ1) is 11.2. The summed E-state index contributed by atoms with van der Waals surface area (Å²) in [6.45, 7) is 7.60. The van der Waals surface area contributed by atoms with Crippen molar-refractivity contribution < 1.29 is 4.39 Å². The van der Waals surface area contributed by atoms with Gasteiger partial charge in [0.05, 0.1) is 0 Å². The monoisotopic (exact) mass is 168 g/mol. The van der Waals surface area contributed by atoms with Crippen LogP contribution in [0.3, 0.4) is 0 Å². The van der Waals surface area contributed by atoms with Gasteiger partial charge >= 0.3 is 0 Å². The Labute approximate surface area is 74.4 Å². The normalized spacial score (nSPS) is 8.75. The molecule has 0 radical (unpaired) electrons. The van der Waals surface area contributed by atoms with Gasteiger partial charge in [0.1, 0.15) is 6.67 Å². The van der Waals surface area contributed by atoms with Gasteiger partial charge in [0.2, 0.25) is 0 Å². The van der Waals surface area contributed by atoms with E-state index in [1.165, 1.54) is 0 Å². The average molecular weight is 168 g/mol. The number of rotatable bonds is 1. The molecule has 1 heteroatoms. The predicted molar refractivity (Wildman–Crippen MR) is 52.1 cm³/mol. The summed E-state index contributed by atoms with van der Waals surface area (Å²) in [5.41, 5.74) is 3.04. The van der Waals surface area contributed by atoms with E-state index in [4.69, 9.17) is 0 Å². The first-order valence-electron chi connectivity index (χ1n) is 4.35. The van der Waals surface area contributed by atoms with Crippen molar-refractivity contribution in [1.82, 2.24) is 0 Å². The van der Waals surface area contributed by atoms with Crippen LogP contribution in [0.15, 0.2) is 18.2 Å². The van der Waals surface area contributed by atoms with Crippen LogP contribution in [-0.2, 0) is 6.67 Å². The number of aryl methyl sites for hydroxylation is 2. The lowest BCUT2D eigenvalue weighted by atomic mass is 10.1. The van der Waals surface area contributed by atoms with Gasteiger partial charge in [-0.05, 0) is 19.4 Å². The Balaban J connectivity index is 0.000000561. The summed E-state index contributed by atoms with van der Waals surface area (Å²) in [5.74, 6) is 0. The second kappa shape index (κ2) is 5.76. The quantitative estimate of drug-likeness (QED) is 0.598. The number of alkyl halides is 1. The maximum absolute atomic E-state index is 12.1. The van der Waals surface area contributed by atoms with Gasteiger partial charge in [0.25, 0.3) is 0 Å². The zero-order valence-corrected chi connectivity index (χ0v) is 8.32. The molecule has 0 aromatic heterocycles. The number of hydrogen-bond donors (Lipinski definition) is 0. The maximum atomic E-state index is 12.1. The minimum absolute atomic E-state index is 0.359. The molecule has 0 amide bonds. The second-order valence-electron chi connectivity index (χ2n) is 2.63. The highest BCUT2D eigenvalue weighted by Gasteiger charge is 1.92. The van der Waals surface area contributed by atoms with Gasteiger partial charge in [0, 0.05) is 0 Å². The summed E-state index contributed by atoms with van der Waals surface area (Å²) < 4.78 is 12.1. The fourth-order valence-corrected chi connectivity index (χ4v) is 1.15. The fraction of sp³-hybridized carbons (Fsp3) is 0.455. The predicted octanol–water partition coefficient (Wildman–Crippen LogP) is 3.80. The van der Waals surface area contributed by atoms with Crippen molar-refractivity contribution in [2.45, 2.75) is 34.4 Å². The van der Waals surface area contributed by atoms with Crippen molar-refractivity contribution in [2.24, 2.45) is 0 Å². The van der Waals surface area contributed by atoms with Gasteiger partial charge in [-0.3, -0.25) is 0 Å². The molecular weight excluding hydrogens is 151 g/mol. The van der Waals surface area contributed by atoms with E-state index in [0.717, 1.165) is 16.7 Å². The Bertz CT molecular complexity index is 208. The zero-order valence-electron chi connectivity index (χ0n) is 8.32. The lowest BCUT2D eigenvalue weighted by molar-refractivity contribution is 0.485. The van der Waals surface area contributed by atoms with Crippen molar-refractivity contribution in [1.29, 1.82) is 0 Å². The van der Waals surface area contributed by atoms with Crippen molar-refractivity contribution in [3.63, 3.8) is 0 Å². The molecule has 1 aromatic rings. The summed E-state index contributed by atoms with van der Waals surface area (Å²) in [7, 11) is 0. The van der Waals surface area contributed by atoms with Crippen LogP contribution in [0, 0.1) is 13.8 Å². The molecule has 0 saturated heterocycles.